The first kappa shape index (κ1) is 19.1. The fraction of sp³-hybridized carbons (Fsp3) is 0.278. The second-order valence-corrected chi connectivity index (χ2v) is 7.74. The molecular formula is C18H19FN2O5S. The number of sulfonamides is 1. The zero-order chi connectivity index (χ0) is 19.6. The van der Waals surface area contributed by atoms with Crippen molar-refractivity contribution in [2.75, 3.05) is 25.7 Å². The van der Waals surface area contributed by atoms with Gasteiger partial charge in [-0.25, -0.2) is 17.5 Å². The third kappa shape index (κ3) is 4.04. The normalized spacial score (nSPS) is 17.2. The number of hydrogen-bond donors (Lipinski definition) is 1. The van der Waals surface area contributed by atoms with Crippen LogP contribution in [0.25, 0.3) is 0 Å². The molecule has 9 heteroatoms. The number of hydrogen-bond acceptors (Lipinski definition) is 5. The molecular weight excluding hydrogens is 375 g/mol. The van der Waals surface area contributed by atoms with Gasteiger partial charge in [0.25, 0.3) is 0 Å². The van der Waals surface area contributed by atoms with E-state index >= 15 is 0 Å². The number of amides is 1. The van der Waals surface area contributed by atoms with Gasteiger partial charge in [-0.3, -0.25) is 4.79 Å². The summed E-state index contributed by atoms with van der Waals surface area (Å²) in [6, 6.07) is 9.23. The predicted molar refractivity (Wildman–Crippen MR) is 97.0 cm³/mol. The maximum atomic E-state index is 13.4. The molecule has 1 aliphatic rings. The number of nitrogens with one attached hydrogen (secondary N) is 1. The lowest BCUT2D eigenvalue weighted by Gasteiger charge is -2.17. The molecule has 2 aromatic rings. The molecule has 1 aliphatic heterocycles. The average molecular weight is 394 g/mol. The van der Waals surface area contributed by atoms with Gasteiger partial charge in [0, 0.05) is 30.8 Å². The Morgan fingerprint density at radius 3 is 2.52 bits per heavy atom. The number of carbonyl (C=O) groups is 1. The Hall–Kier alpha value is -2.65. The van der Waals surface area contributed by atoms with Crippen LogP contribution in [0.4, 0.5) is 10.1 Å². The van der Waals surface area contributed by atoms with Crippen molar-refractivity contribution in [1.82, 2.24) is 4.72 Å². The van der Waals surface area contributed by atoms with E-state index in [-0.39, 0.29) is 29.5 Å². The van der Waals surface area contributed by atoms with E-state index in [0.717, 1.165) is 0 Å². The summed E-state index contributed by atoms with van der Waals surface area (Å²) in [7, 11) is -1.01. The van der Waals surface area contributed by atoms with E-state index in [9.17, 15) is 17.6 Å². The van der Waals surface area contributed by atoms with Crippen LogP contribution in [0.15, 0.2) is 47.4 Å². The summed E-state index contributed by atoms with van der Waals surface area (Å²) in [6.45, 7) is 0.120. The van der Waals surface area contributed by atoms with Gasteiger partial charge in [0.05, 0.1) is 19.1 Å². The van der Waals surface area contributed by atoms with Crippen LogP contribution in [0.1, 0.15) is 6.42 Å². The first-order chi connectivity index (χ1) is 12.8. The first-order valence-corrected chi connectivity index (χ1v) is 9.62. The van der Waals surface area contributed by atoms with E-state index in [4.69, 9.17) is 9.47 Å². The van der Waals surface area contributed by atoms with Gasteiger partial charge in [0.2, 0.25) is 15.9 Å². The number of halogens is 1. The molecule has 1 N–H and O–H groups in total. The number of ether oxygens (including phenoxy) is 2. The van der Waals surface area contributed by atoms with E-state index in [0.29, 0.717) is 11.4 Å². The molecule has 0 bridgehead atoms. The van der Waals surface area contributed by atoms with Crippen molar-refractivity contribution in [1.29, 1.82) is 0 Å². The number of rotatable bonds is 6. The van der Waals surface area contributed by atoms with E-state index in [1.54, 1.807) is 6.07 Å². The van der Waals surface area contributed by atoms with E-state index < -0.39 is 21.9 Å². The Bertz CT molecular complexity index is 964. The summed E-state index contributed by atoms with van der Waals surface area (Å²) in [5.41, 5.74) is 0.396. The summed E-state index contributed by atoms with van der Waals surface area (Å²) >= 11 is 0. The maximum absolute atomic E-state index is 13.4. The molecule has 1 amide bonds. The molecule has 0 spiro atoms. The monoisotopic (exact) mass is 394 g/mol. The van der Waals surface area contributed by atoms with Crippen LogP contribution in [0.2, 0.25) is 0 Å². The smallest absolute Gasteiger partial charge is 0.241 e. The summed E-state index contributed by atoms with van der Waals surface area (Å²) < 4.78 is 51.5. The molecule has 0 unspecified atom stereocenters. The van der Waals surface area contributed by atoms with E-state index in [2.05, 4.69) is 4.72 Å². The third-order valence-electron chi connectivity index (χ3n) is 4.23. The van der Waals surface area contributed by atoms with Gasteiger partial charge in [-0.2, -0.15) is 0 Å². The fourth-order valence-electron chi connectivity index (χ4n) is 2.95. The van der Waals surface area contributed by atoms with Crippen molar-refractivity contribution in [2.24, 2.45) is 0 Å². The molecule has 1 fully saturated rings. The minimum absolute atomic E-state index is 0.00296. The molecule has 0 radical (unpaired) electrons. The van der Waals surface area contributed by atoms with Gasteiger partial charge in [-0.15, -0.1) is 0 Å². The molecule has 2 aromatic carbocycles. The standard InChI is InChI=1S/C18H19FN2O5S/c1-25-16-7-6-15(10-17(16)26-2)27(23,24)20-13-9-18(22)21(11-13)14-5-3-4-12(19)8-14/h3-8,10,13,20H,9,11H2,1-2H3/t13-/m0/s1. The molecule has 0 saturated carbocycles. The first-order valence-electron chi connectivity index (χ1n) is 8.14. The lowest BCUT2D eigenvalue weighted by molar-refractivity contribution is -0.117. The van der Waals surface area contributed by atoms with E-state index in [1.807, 2.05) is 0 Å². The Labute approximate surface area is 156 Å². The van der Waals surface area contributed by atoms with Crippen molar-refractivity contribution < 1.29 is 27.1 Å². The topological polar surface area (TPSA) is 84.9 Å². The summed E-state index contributed by atoms with van der Waals surface area (Å²) in [5.74, 6) is -0.0516. The Morgan fingerprint density at radius 1 is 1.11 bits per heavy atom. The second-order valence-electron chi connectivity index (χ2n) is 6.02. The predicted octanol–water partition coefficient (Wildman–Crippen LogP) is 1.93. The molecule has 1 saturated heterocycles. The Balaban J connectivity index is 1.78. The SMILES string of the molecule is COc1ccc(S(=O)(=O)N[C@H]2CC(=O)N(c3cccc(F)c3)C2)cc1OC. The highest BCUT2D eigenvalue weighted by molar-refractivity contribution is 7.89. The molecule has 0 aliphatic carbocycles. The van der Waals surface area contributed by atoms with Gasteiger partial charge in [0.15, 0.2) is 11.5 Å². The van der Waals surface area contributed by atoms with Gasteiger partial charge in [0.1, 0.15) is 5.82 Å². The van der Waals surface area contributed by atoms with Gasteiger partial charge in [-0.05, 0) is 30.3 Å². The highest BCUT2D eigenvalue weighted by Crippen LogP contribution is 2.30. The number of nitrogens with zero attached hydrogens (tertiary/aromatic N) is 1. The molecule has 7 nitrogen and oxygen atoms in total. The number of anilines is 1. The van der Waals surface area contributed by atoms with Crippen molar-refractivity contribution in [3.8, 4) is 11.5 Å². The quantitative estimate of drug-likeness (QED) is 0.809. The van der Waals surface area contributed by atoms with Gasteiger partial charge >= 0.3 is 0 Å². The van der Waals surface area contributed by atoms with Crippen molar-refractivity contribution in [2.45, 2.75) is 17.4 Å². The molecule has 144 valence electrons. The second kappa shape index (κ2) is 7.53. The van der Waals surface area contributed by atoms with Crippen LogP contribution in [-0.2, 0) is 14.8 Å². The summed E-state index contributed by atoms with van der Waals surface area (Å²) in [4.78, 5) is 13.6. The lowest BCUT2D eigenvalue weighted by Crippen LogP contribution is -2.37. The fourth-order valence-corrected chi connectivity index (χ4v) is 4.19. The Morgan fingerprint density at radius 2 is 1.85 bits per heavy atom. The molecule has 1 heterocycles. The molecule has 3 rings (SSSR count). The minimum Gasteiger partial charge on any atom is -0.493 e. The van der Waals surface area contributed by atoms with Crippen LogP contribution in [0.3, 0.4) is 0 Å². The van der Waals surface area contributed by atoms with Crippen LogP contribution in [0.5, 0.6) is 11.5 Å². The highest BCUT2D eigenvalue weighted by atomic mass is 32.2. The average Bonchev–Trinajstić information content (AvgIpc) is 3.00. The van der Waals surface area contributed by atoms with Crippen LogP contribution in [0, 0.1) is 5.82 Å². The van der Waals surface area contributed by atoms with Crippen LogP contribution < -0.4 is 19.1 Å². The van der Waals surface area contributed by atoms with E-state index in [1.165, 1.54) is 55.5 Å². The summed E-state index contributed by atoms with van der Waals surface area (Å²) in [6.07, 6.45) is -0.0109. The van der Waals surface area contributed by atoms with Crippen molar-refractivity contribution in [3.63, 3.8) is 0 Å². The zero-order valence-electron chi connectivity index (χ0n) is 14.8. The molecule has 27 heavy (non-hydrogen) atoms. The maximum Gasteiger partial charge on any atom is 0.241 e. The highest BCUT2D eigenvalue weighted by Gasteiger charge is 2.34. The number of benzene rings is 2. The zero-order valence-corrected chi connectivity index (χ0v) is 15.6. The third-order valence-corrected chi connectivity index (χ3v) is 5.75. The van der Waals surface area contributed by atoms with Crippen molar-refractivity contribution >= 4 is 21.6 Å². The minimum atomic E-state index is -3.88. The van der Waals surface area contributed by atoms with Crippen molar-refractivity contribution in [3.05, 3.63) is 48.3 Å². The lowest BCUT2D eigenvalue weighted by atomic mass is 10.3. The van der Waals surface area contributed by atoms with Gasteiger partial charge < -0.3 is 14.4 Å². The van der Waals surface area contributed by atoms with Crippen LogP contribution >= 0.6 is 0 Å². The van der Waals surface area contributed by atoms with Gasteiger partial charge in [-0.1, -0.05) is 6.07 Å². The Kier molecular flexibility index (Phi) is 5.33. The largest absolute Gasteiger partial charge is 0.493 e. The van der Waals surface area contributed by atoms with Crippen LogP contribution in [-0.4, -0.2) is 41.1 Å². The number of methoxy groups -OCH3 is 2. The molecule has 1 atom stereocenters. The molecule has 0 aromatic heterocycles. The number of carbonyl (C=O) groups excluding carboxylic acids is 1. The summed E-state index contributed by atoms with van der Waals surface area (Å²) in [5, 5.41) is 0.